The minimum absolute atomic E-state index is 0.0619. The third-order valence-corrected chi connectivity index (χ3v) is 3.56. The number of thioether (sulfide) groups is 1. The molecule has 3 atom stereocenters. The second kappa shape index (κ2) is 5.86. The summed E-state index contributed by atoms with van der Waals surface area (Å²) in [7, 11) is 0. The zero-order valence-electron chi connectivity index (χ0n) is 7.98. The minimum atomic E-state index is -0.605. The van der Waals surface area contributed by atoms with Crippen molar-refractivity contribution >= 4 is 11.8 Å². The van der Waals surface area contributed by atoms with E-state index in [-0.39, 0.29) is 5.25 Å². The van der Waals surface area contributed by atoms with Crippen LogP contribution >= 0.6 is 11.8 Å². The quantitative estimate of drug-likeness (QED) is 0.648. The van der Waals surface area contributed by atoms with E-state index in [2.05, 4.69) is 6.92 Å². The van der Waals surface area contributed by atoms with E-state index in [9.17, 15) is 10.2 Å². The van der Waals surface area contributed by atoms with Crippen molar-refractivity contribution < 1.29 is 14.9 Å². The zero-order valence-corrected chi connectivity index (χ0v) is 8.80. The lowest BCUT2D eigenvalue weighted by Gasteiger charge is -2.15. The second-order valence-electron chi connectivity index (χ2n) is 3.36. The van der Waals surface area contributed by atoms with Crippen LogP contribution in [0.15, 0.2) is 0 Å². The molecule has 0 aromatic heterocycles. The van der Waals surface area contributed by atoms with E-state index in [1.807, 2.05) is 0 Å². The van der Waals surface area contributed by atoms with Crippen molar-refractivity contribution in [2.45, 2.75) is 37.2 Å². The van der Waals surface area contributed by atoms with E-state index >= 15 is 0 Å². The third-order valence-electron chi connectivity index (χ3n) is 2.18. The minimum Gasteiger partial charge on any atom is -0.390 e. The first kappa shape index (κ1) is 11.3. The molecule has 1 heterocycles. The van der Waals surface area contributed by atoms with Crippen molar-refractivity contribution in [3.05, 3.63) is 0 Å². The summed E-state index contributed by atoms with van der Waals surface area (Å²) in [5, 5.41) is 18.8. The average Bonchev–Trinajstić information content (AvgIpc) is 2.43. The molecule has 1 rings (SSSR count). The smallest absolute Gasteiger partial charge is 0.0947 e. The molecular weight excluding hydrogens is 188 g/mol. The Kier molecular flexibility index (Phi) is 5.09. The average molecular weight is 206 g/mol. The Morgan fingerprint density at radius 3 is 2.77 bits per heavy atom. The van der Waals surface area contributed by atoms with Gasteiger partial charge >= 0.3 is 0 Å². The number of hydrogen-bond donors (Lipinski definition) is 2. The Bertz CT molecular complexity index is 143. The highest BCUT2D eigenvalue weighted by atomic mass is 32.2. The summed E-state index contributed by atoms with van der Waals surface area (Å²) in [5.74, 6) is 0.628. The highest BCUT2D eigenvalue weighted by molar-refractivity contribution is 8.00. The van der Waals surface area contributed by atoms with Gasteiger partial charge in [-0.25, -0.2) is 0 Å². The normalized spacial score (nSPS) is 33.9. The number of aliphatic hydroxyl groups is 2. The Balaban J connectivity index is 2.08. The molecule has 0 saturated carbocycles. The summed E-state index contributed by atoms with van der Waals surface area (Å²) in [4.78, 5) is 0. The Hall–Kier alpha value is 0.230. The maximum Gasteiger partial charge on any atom is 0.0947 e. The van der Waals surface area contributed by atoms with Crippen molar-refractivity contribution in [3.8, 4) is 0 Å². The molecule has 0 bridgehead atoms. The fourth-order valence-corrected chi connectivity index (χ4v) is 2.47. The molecule has 1 unspecified atom stereocenters. The van der Waals surface area contributed by atoms with E-state index in [1.165, 1.54) is 0 Å². The van der Waals surface area contributed by atoms with Crippen LogP contribution in [0.3, 0.4) is 0 Å². The van der Waals surface area contributed by atoms with E-state index in [0.717, 1.165) is 19.4 Å². The van der Waals surface area contributed by atoms with Gasteiger partial charge in [0.15, 0.2) is 0 Å². The summed E-state index contributed by atoms with van der Waals surface area (Å²) in [6.07, 6.45) is 1.02. The van der Waals surface area contributed by atoms with Gasteiger partial charge in [0, 0.05) is 12.4 Å². The Morgan fingerprint density at radius 1 is 1.46 bits per heavy atom. The van der Waals surface area contributed by atoms with Crippen LogP contribution in [0.2, 0.25) is 0 Å². The zero-order chi connectivity index (χ0) is 9.68. The maximum absolute atomic E-state index is 9.46. The Labute approximate surface area is 83.5 Å². The van der Waals surface area contributed by atoms with Crippen LogP contribution in [0.4, 0.5) is 0 Å². The fraction of sp³-hybridized carbons (Fsp3) is 1.00. The van der Waals surface area contributed by atoms with Gasteiger partial charge in [0.1, 0.15) is 0 Å². The van der Waals surface area contributed by atoms with Crippen molar-refractivity contribution in [1.29, 1.82) is 0 Å². The fourth-order valence-electron chi connectivity index (χ4n) is 1.26. The van der Waals surface area contributed by atoms with E-state index in [4.69, 9.17) is 4.74 Å². The predicted octanol–water partition coefficient (Wildman–Crippen LogP) is 0.640. The maximum atomic E-state index is 9.46. The molecule has 0 amide bonds. The van der Waals surface area contributed by atoms with Gasteiger partial charge in [-0.15, -0.1) is 0 Å². The molecular formula is C9H18O3S. The lowest BCUT2D eigenvalue weighted by atomic mass is 10.2. The van der Waals surface area contributed by atoms with Crippen LogP contribution in [0.25, 0.3) is 0 Å². The van der Waals surface area contributed by atoms with Crippen molar-refractivity contribution in [2.24, 2.45) is 0 Å². The van der Waals surface area contributed by atoms with Gasteiger partial charge in [-0.1, -0.05) is 13.3 Å². The molecule has 0 aliphatic carbocycles. The number of rotatable bonds is 5. The van der Waals surface area contributed by atoms with Crippen molar-refractivity contribution in [1.82, 2.24) is 0 Å². The van der Waals surface area contributed by atoms with Crippen LogP contribution in [-0.4, -0.2) is 46.6 Å². The van der Waals surface area contributed by atoms with Crippen LogP contribution in [-0.2, 0) is 4.74 Å². The number of ether oxygens (including phenoxy) is 1. The molecule has 78 valence electrons. The monoisotopic (exact) mass is 206 g/mol. The molecule has 13 heavy (non-hydrogen) atoms. The lowest BCUT2D eigenvalue weighted by Crippen LogP contribution is -2.31. The molecule has 1 aliphatic heterocycles. The second-order valence-corrected chi connectivity index (χ2v) is 4.63. The van der Waals surface area contributed by atoms with Gasteiger partial charge in [-0.05, 0) is 6.42 Å². The summed E-state index contributed by atoms with van der Waals surface area (Å²) in [6, 6.07) is 0. The summed E-state index contributed by atoms with van der Waals surface area (Å²) >= 11 is 1.59. The standard InChI is InChI=1S/C9H18O3S/c1-2-3-4-12-5-8-9(11)7(10)6-13-8/h7-11H,2-6H2,1H3/t7-,8?,9-/m0/s1. The van der Waals surface area contributed by atoms with E-state index < -0.39 is 12.2 Å². The molecule has 1 fully saturated rings. The van der Waals surface area contributed by atoms with Crippen molar-refractivity contribution in [3.63, 3.8) is 0 Å². The highest BCUT2D eigenvalue weighted by Crippen LogP contribution is 2.27. The summed E-state index contributed by atoms with van der Waals surface area (Å²) in [6.45, 7) is 3.44. The van der Waals surface area contributed by atoms with Gasteiger partial charge in [0.25, 0.3) is 0 Å². The largest absolute Gasteiger partial charge is 0.390 e. The molecule has 0 aromatic carbocycles. The van der Waals surface area contributed by atoms with Crippen LogP contribution < -0.4 is 0 Å². The lowest BCUT2D eigenvalue weighted by molar-refractivity contribution is 0.0206. The molecule has 4 heteroatoms. The van der Waals surface area contributed by atoms with Crippen LogP contribution in [0.1, 0.15) is 19.8 Å². The van der Waals surface area contributed by atoms with Gasteiger partial charge in [0.05, 0.1) is 24.1 Å². The SMILES string of the molecule is CCCCOCC1SC[C@H](O)[C@@H]1O. The van der Waals surface area contributed by atoms with E-state index in [0.29, 0.717) is 12.4 Å². The van der Waals surface area contributed by atoms with Gasteiger partial charge < -0.3 is 14.9 Å². The van der Waals surface area contributed by atoms with Gasteiger partial charge in [-0.2, -0.15) is 11.8 Å². The number of aliphatic hydroxyl groups excluding tert-OH is 2. The molecule has 0 spiro atoms. The molecule has 1 aliphatic rings. The molecule has 0 radical (unpaired) electrons. The molecule has 2 N–H and O–H groups in total. The topological polar surface area (TPSA) is 49.7 Å². The predicted molar refractivity (Wildman–Crippen MR) is 54.0 cm³/mol. The van der Waals surface area contributed by atoms with Crippen LogP contribution in [0, 0.1) is 0 Å². The molecule has 3 nitrogen and oxygen atoms in total. The third kappa shape index (κ3) is 3.46. The van der Waals surface area contributed by atoms with Gasteiger partial charge in [0.2, 0.25) is 0 Å². The Morgan fingerprint density at radius 2 is 2.23 bits per heavy atom. The van der Waals surface area contributed by atoms with E-state index in [1.54, 1.807) is 11.8 Å². The summed E-state index contributed by atoms with van der Waals surface area (Å²) < 4.78 is 5.38. The van der Waals surface area contributed by atoms with Gasteiger partial charge in [-0.3, -0.25) is 0 Å². The first-order valence-corrected chi connectivity index (χ1v) is 5.86. The molecule has 1 saturated heterocycles. The summed E-state index contributed by atoms with van der Waals surface area (Å²) in [5.41, 5.74) is 0. The molecule has 0 aromatic rings. The first-order valence-electron chi connectivity index (χ1n) is 4.81. The number of hydrogen-bond acceptors (Lipinski definition) is 4. The number of unbranched alkanes of at least 4 members (excludes halogenated alkanes) is 1. The van der Waals surface area contributed by atoms with Crippen molar-refractivity contribution in [2.75, 3.05) is 19.0 Å². The first-order chi connectivity index (χ1) is 6.25. The van der Waals surface area contributed by atoms with Crippen LogP contribution in [0.5, 0.6) is 0 Å². The highest BCUT2D eigenvalue weighted by Gasteiger charge is 2.33.